The van der Waals surface area contributed by atoms with Crippen LogP contribution in [0.15, 0.2) is 52.5 Å². The van der Waals surface area contributed by atoms with Crippen LogP contribution in [0.3, 0.4) is 0 Å². The van der Waals surface area contributed by atoms with E-state index in [0.717, 1.165) is 5.56 Å². The molecule has 0 unspecified atom stereocenters. The van der Waals surface area contributed by atoms with E-state index in [1.165, 1.54) is 18.3 Å². The van der Waals surface area contributed by atoms with Crippen LogP contribution in [-0.4, -0.2) is 27.8 Å². The number of nitrogens with zero attached hydrogens (tertiary/aromatic N) is 1. The van der Waals surface area contributed by atoms with Crippen molar-refractivity contribution in [3.8, 4) is 11.5 Å². The maximum atomic E-state index is 12.1. The second-order valence-corrected chi connectivity index (χ2v) is 6.70. The van der Waals surface area contributed by atoms with E-state index in [2.05, 4.69) is 9.93 Å². The number of hydrazone groups is 1. The number of hydrogen-bond acceptors (Lipinski definition) is 5. The predicted octanol–water partition coefficient (Wildman–Crippen LogP) is 2.08. The monoisotopic (exact) mass is 332 g/mol. The van der Waals surface area contributed by atoms with Gasteiger partial charge in [0, 0.05) is 5.56 Å². The van der Waals surface area contributed by atoms with Gasteiger partial charge in [0.05, 0.1) is 11.1 Å². The normalized spacial score (nSPS) is 14.0. The molecule has 0 aromatic heterocycles. The third-order valence-corrected chi connectivity index (χ3v) is 4.54. The molecule has 0 saturated carbocycles. The molecule has 1 aliphatic heterocycles. The van der Waals surface area contributed by atoms with Crippen molar-refractivity contribution in [1.29, 1.82) is 0 Å². The smallest absolute Gasteiger partial charge is 0.276 e. The Morgan fingerprint density at radius 3 is 2.61 bits per heavy atom. The summed E-state index contributed by atoms with van der Waals surface area (Å²) >= 11 is 0. The Hall–Kier alpha value is -2.54. The van der Waals surface area contributed by atoms with Crippen molar-refractivity contribution >= 4 is 16.2 Å². The van der Waals surface area contributed by atoms with Gasteiger partial charge in [0.15, 0.2) is 11.5 Å². The Balaban J connectivity index is 1.78. The van der Waals surface area contributed by atoms with Gasteiger partial charge in [0.2, 0.25) is 0 Å². The van der Waals surface area contributed by atoms with Gasteiger partial charge in [0.1, 0.15) is 13.2 Å². The molecule has 0 spiro atoms. The molecular weight excluding hydrogens is 316 g/mol. The number of fused-ring (bicyclic) bond motifs is 1. The quantitative estimate of drug-likeness (QED) is 0.687. The van der Waals surface area contributed by atoms with E-state index in [-0.39, 0.29) is 4.90 Å². The highest BCUT2D eigenvalue weighted by Crippen LogP contribution is 2.32. The Kier molecular flexibility index (Phi) is 4.20. The molecule has 3 rings (SSSR count). The number of aryl methyl sites for hydroxylation is 1. The van der Waals surface area contributed by atoms with E-state index in [0.29, 0.717) is 30.3 Å². The van der Waals surface area contributed by atoms with Gasteiger partial charge in [-0.3, -0.25) is 0 Å². The van der Waals surface area contributed by atoms with Crippen molar-refractivity contribution in [2.75, 3.05) is 13.2 Å². The van der Waals surface area contributed by atoms with Crippen LogP contribution in [0.5, 0.6) is 11.5 Å². The zero-order chi connectivity index (χ0) is 16.3. The van der Waals surface area contributed by atoms with Gasteiger partial charge in [-0.2, -0.15) is 13.5 Å². The molecule has 0 radical (unpaired) electrons. The molecule has 23 heavy (non-hydrogen) atoms. The van der Waals surface area contributed by atoms with Crippen LogP contribution in [0.1, 0.15) is 11.1 Å². The molecule has 1 heterocycles. The fraction of sp³-hybridized carbons (Fsp3) is 0.188. The molecule has 0 fully saturated rings. The molecule has 0 bridgehead atoms. The second kappa shape index (κ2) is 6.29. The maximum Gasteiger partial charge on any atom is 0.276 e. The van der Waals surface area contributed by atoms with Gasteiger partial charge < -0.3 is 9.47 Å². The highest BCUT2D eigenvalue weighted by Gasteiger charge is 2.15. The van der Waals surface area contributed by atoms with E-state index >= 15 is 0 Å². The van der Waals surface area contributed by atoms with Crippen molar-refractivity contribution in [3.05, 3.63) is 53.6 Å². The molecular formula is C16H16N2O4S. The molecule has 0 saturated heterocycles. The van der Waals surface area contributed by atoms with Gasteiger partial charge in [0.25, 0.3) is 10.0 Å². The molecule has 1 aliphatic rings. The van der Waals surface area contributed by atoms with Gasteiger partial charge in [-0.25, -0.2) is 4.83 Å². The maximum absolute atomic E-state index is 12.1. The van der Waals surface area contributed by atoms with Gasteiger partial charge in [-0.1, -0.05) is 23.8 Å². The lowest BCUT2D eigenvalue weighted by molar-refractivity contribution is 0.171. The van der Waals surface area contributed by atoms with E-state index in [1.54, 1.807) is 30.3 Å². The van der Waals surface area contributed by atoms with Crippen molar-refractivity contribution in [2.24, 2.45) is 5.10 Å². The zero-order valence-electron chi connectivity index (χ0n) is 12.5. The number of nitrogens with one attached hydrogen (secondary N) is 1. The Bertz CT molecular complexity index is 830. The minimum absolute atomic E-state index is 0.162. The number of ether oxygens (including phenoxy) is 2. The van der Waals surface area contributed by atoms with Gasteiger partial charge >= 0.3 is 0 Å². The van der Waals surface area contributed by atoms with Crippen molar-refractivity contribution in [2.45, 2.75) is 11.8 Å². The molecule has 6 nitrogen and oxygen atoms in total. The number of rotatable bonds is 4. The summed E-state index contributed by atoms with van der Waals surface area (Å²) in [5.41, 5.74) is 1.63. The molecule has 0 amide bonds. The minimum Gasteiger partial charge on any atom is -0.486 e. The lowest BCUT2D eigenvalue weighted by Gasteiger charge is -2.19. The van der Waals surface area contributed by atoms with E-state index in [1.807, 2.05) is 6.92 Å². The summed E-state index contributed by atoms with van der Waals surface area (Å²) in [5, 5.41) is 3.82. The molecule has 1 N–H and O–H groups in total. The first-order valence-corrected chi connectivity index (χ1v) is 8.55. The first-order valence-electron chi connectivity index (χ1n) is 7.06. The average Bonchev–Trinajstić information content (AvgIpc) is 2.55. The van der Waals surface area contributed by atoms with Crippen LogP contribution in [0.4, 0.5) is 0 Å². The highest BCUT2D eigenvalue weighted by atomic mass is 32.2. The number of sulfonamides is 1. The van der Waals surface area contributed by atoms with Gasteiger partial charge in [-0.05, 0) is 31.2 Å². The van der Waals surface area contributed by atoms with Crippen LogP contribution >= 0.6 is 0 Å². The standard InChI is InChI=1S/C16H16N2O4S/c1-12-5-7-14(8-6-12)23(19,20)18-17-11-13-3-2-4-15-16(13)22-10-9-21-15/h2-8,11,18H,9-10H2,1H3/b17-11-. The first-order chi connectivity index (χ1) is 11.1. The Morgan fingerprint density at radius 2 is 1.83 bits per heavy atom. The van der Waals surface area contributed by atoms with Crippen molar-refractivity contribution < 1.29 is 17.9 Å². The molecule has 0 atom stereocenters. The largest absolute Gasteiger partial charge is 0.486 e. The topological polar surface area (TPSA) is 77.0 Å². The third kappa shape index (κ3) is 3.45. The van der Waals surface area contributed by atoms with E-state index in [9.17, 15) is 8.42 Å². The summed E-state index contributed by atoms with van der Waals surface area (Å²) in [6, 6.07) is 11.9. The fourth-order valence-electron chi connectivity index (χ4n) is 2.13. The molecule has 7 heteroatoms. The number of benzene rings is 2. The Morgan fingerprint density at radius 1 is 1.09 bits per heavy atom. The van der Waals surface area contributed by atoms with Crippen molar-refractivity contribution in [3.63, 3.8) is 0 Å². The minimum atomic E-state index is -3.69. The SMILES string of the molecule is Cc1ccc(S(=O)(=O)N/N=C\c2cccc3c2OCCO3)cc1. The first kappa shape index (κ1) is 15.4. The fourth-order valence-corrected chi connectivity index (χ4v) is 2.92. The lowest BCUT2D eigenvalue weighted by atomic mass is 10.2. The Labute approximate surface area is 134 Å². The highest BCUT2D eigenvalue weighted by molar-refractivity contribution is 7.89. The van der Waals surface area contributed by atoms with Crippen LogP contribution in [0.2, 0.25) is 0 Å². The molecule has 2 aromatic rings. The van der Waals surface area contributed by atoms with Crippen LogP contribution in [0.25, 0.3) is 0 Å². The molecule has 120 valence electrons. The molecule has 2 aromatic carbocycles. The van der Waals surface area contributed by atoms with E-state index < -0.39 is 10.0 Å². The van der Waals surface area contributed by atoms with Crippen LogP contribution in [-0.2, 0) is 10.0 Å². The summed E-state index contributed by atoms with van der Waals surface area (Å²) in [6.07, 6.45) is 1.40. The van der Waals surface area contributed by atoms with Crippen molar-refractivity contribution in [1.82, 2.24) is 4.83 Å². The molecule has 0 aliphatic carbocycles. The number of para-hydroxylation sites is 1. The van der Waals surface area contributed by atoms with Gasteiger partial charge in [-0.15, -0.1) is 0 Å². The second-order valence-electron chi connectivity index (χ2n) is 5.04. The average molecular weight is 332 g/mol. The summed E-state index contributed by atoms with van der Waals surface area (Å²) in [5.74, 6) is 1.19. The van der Waals surface area contributed by atoms with Crippen LogP contribution < -0.4 is 14.3 Å². The zero-order valence-corrected chi connectivity index (χ0v) is 13.3. The number of hydrogen-bond donors (Lipinski definition) is 1. The lowest BCUT2D eigenvalue weighted by Crippen LogP contribution is -2.19. The summed E-state index contributed by atoms with van der Waals surface area (Å²) in [4.78, 5) is 2.36. The summed E-state index contributed by atoms with van der Waals surface area (Å²) in [6.45, 7) is 2.84. The van der Waals surface area contributed by atoms with Crippen LogP contribution in [0, 0.1) is 6.92 Å². The summed E-state index contributed by atoms with van der Waals surface area (Å²) < 4.78 is 35.3. The third-order valence-electron chi connectivity index (χ3n) is 3.30. The predicted molar refractivity (Wildman–Crippen MR) is 86.5 cm³/mol. The summed E-state index contributed by atoms with van der Waals surface area (Å²) in [7, 11) is -3.69. The van der Waals surface area contributed by atoms with E-state index in [4.69, 9.17) is 9.47 Å².